The van der Waals surface area contributed by atoms with Gasteiger partial charge in [-0.15, -0.1) is 0 Å². The molecule has 1 unspecified atom stereocenters. The minimum absolute atomic E-state index is 0.101. The monoisotopic (exact) mass is 366 g/mol. The van der Waals surface area contributed by atoms with Crippen LogP contribution >= 0.6 is 11.6 Å². The third-order valence-electron chi connectivity index (χ3n) is 3.99. The lowest BCUT2D eigenvalue weighted by Crippen LogP contribution is -2.26. The first-order chi connectivity index (χ1) is 12.5. The van der Waals surface area contributed by atoms with Crippen LogP contribution in [-0.2, 0) is 0 Å². The van der Waals surface area contributed by atoms with E-state index in [0.29, 0.717) is 16.5 Å². The van der Waals surface area contributed by atoms with E-state index in [0.717, 1.165) is 16.8 Å². The lowest BCUT2D eigenvalue weighted by atomic mass is 10.1. The van der Waals surface area contributed by atoms with Gasteiger partial charge in [0.25, 0.3) is 5.91 Å². The number of carbonyl (C=O) groups excluding carboxylic acids is 1. The number of nitrogens with zero attached hydrogens (tertiary/aromatic N) is 2. The average molecular weight is 367 g/mol. The second kappa shape index (κ2) is 7.97. The molecule has 0 saturated heterocycles. The van der Waals surface area contributed by atoms with Crippen molar-refractivity contribution in [3.05, 3.63) is 82.6 Å². The molecule has 0 saturated carbocycles. The van der Waals surface area contributed by atoms with Gasteiger partial charge in [0.05, 0.1) is 11.6 Å². The van der Waals surface area contributed by atoms with Gasteiger partial charge in [0.2, 0.25) is 5.95 Å². The Bertz CT molecular complexity index is 897. The zero-order valence-electron chi connectivity index (χ0n) is 14.5. The van der Waals surface area contributed by atoms with Crippen LogP contribution in [0.4, 0.5) is 11.6 Å². The number of benzene rings is 2. The van der Waals surface area contributed by atoms with E-state index >= 15 is 0 Å². The van der Waals surface area contributed by atoms with Gasteiger partial charge in [-0.25, -0.2) is 9.97 Å². The first kappa shape index (κ1) is 17.9. The number of amides is 1. The summed E-state index contributed by atoms with van der Waals surface area (Å²) in [6, 6.07) is 15.3. The van der Waals surface area contributed by atoms with Crippen molar-refractivity contribution in [2.45, 2.75) is 19.9 Å². The van der Waals surface area contributed by atoms with Crippen LogP contribution < -0.4 is 10.6 Å². The van der Waals surface area contributed by atoms with Gasteiger partial charge in [0, 0.05) is 23.1 Å². The van der Waals surface area contributed by atoms with Crippen LogP contribution in [0.1, 0.15) is 34.5 Å². The molecule has 0 aliphatic carbocycles. The van der Waals surface area contributed by atoms with E-state index in [1.165, 1.54) is 12.4 Å². The molecule has 26 heavy (non-hydrogen) atoms. The molecule has 0 radical (unpaired) electrons. The average Bonchev–Trinajstić information content (AvgIpc) is 2.66. The molecule has 0 aliphatic heterocycles. The molecule has 1 atom stereocenters. The highest BCUT2D eigenvalue weighted by molar-refractivity contribution is 6.31. The van der Waals surface area contributed by atoms with Crippen molar-refractivity contribution in [3.8, 4) is 0 Å². The highest BCUT2D eigenvalue weighted by Crippen LogP contribution is 2.21. The molecular weight excluding hydrogens is 348 g/mol. The van der Waals surface area contributed by atoms with Crippen LogP contribution in [0.15, 0.2) is 60.9 Å². The first-order valence-electron chi connectivity index (χ1n) is 8.24. The molecular formula is C20H19ClN4O. The number of rotatable bonds is 5. The van der Waals surface area contributed by atoms with Gasteiger partial charge < -0.3 is 10.6 Å². The molecule has 132 valence electrons. The number of aromatic nitrogens is 2. The maximum atomic E-state index is 12.4. The zero-order chi connectivity index (χ0) is 18.5. The molecule has 2 aromatic carbocycles. The van der Waals surface area contributed by atoms with E-state index in [4.69, 9.17) is 11.6 Å². The molecule has 0 bridgehead atoms. The molecule has 1 amide bonds. The predicted molar refractivity (Wildman–Crippen MR) is 104 cm³/mol. The predicted octanol–water partition coefficient (Wildman–Crippen LogP) is 4.67. The van der Waals surface area contributed by atoms with Crippen LogP contribution in [0.5, 0.6) is 0 Å². The number of carbonyl (C=O) groups is 1. The van der Waals surface area contributed by atoms with Crippen LogP contribution in [0, 0.1) is 6.92 Å². The number of halogens is 1. The third kappa shape index (κ3) is 4.37. The molecule has 1 heterocycles. The molecule has 0 aliphatic rings. The van der Waals surface area contributed by atoms with Crippen molar-refractivity contribution in [3.63, 3.8) is 0 Å². The van der Waals surface area contributed by atoms with Gasteiger partial charge in [-0.05, 0) is 37.1 Å². The molecule has 6 heteroatoms. The maximum absolute atomic E-state index is 12.4. The van der Waals surface area contributed by atoms with Crippen LogP contribution in [-0.4, -0.2) is 15.9 Å². The molecule has 1 aromatic heterocycles. The summed E-state index contributed by atoms with van der Waals surface area (Å²) in [6.07, 6.45) is 3.00. The van der Waals surface area contributed by atoms with E-state index in [-0.39, 0.29) is 11.9 Å². The van der Waals surface area contributed by atoms with E-state index in [1.54, 1.807) is 0 Å². The summed E-state index contributed by atoms with van der Waals surface area (Å²) in [5.41, 5.74) is 3.23. The summed E-state index contributed by atoms with van der Waals surface area (Å²) >= 11 is 6.11. The number of hydrogen-bond acceptors (Lipinski definition) is 4. The topological polar surface area (TPSA) is 66.9 Å². The number of aryl methyl sites for hydroxylation is 1. The van der Waals surface area contributed by atoms with Crippen LogP contribution in [0.3, 0.4) is 0 Å². The summed E-state index contributed by atoms with van der Waals surface area (Å²) in [5.74, 6) is 0.184. The number of anilines is 2. The fourth-order valence-electron chi connectivity index (χ4n) is 2.41. The minimum Gasteiger partial charge on any atom is -0.345 e. The molecule has 0 fully saturated rings. The molecule has 2 N–H and O–H groups in total. The lowest BCUT2D eigenvalue weighted by molar-refractivity contribution is 0.0939. The summed E-state index contributed by atoms with van der Waals surface area (Å²) in [6.45, 7) is 3.87. The fourth-order valence-corrected chi connectivity index (χ4v) is 2.60. The quantitative estimate of drug-likeness (QED) is 0.688. The van der Waals surface area contributed by atoms with Crippen molar-refractivity contribution in [1.29, 1.82) is 0 Å². The summed E-state index contributed by atoms with van der Waals surface area (Å²) in [7, 11) is 0. The Labute approximate surface area is 157 Å². The Kier molecular flexibility index (Phi) is 5.49. The van der Waals surface area contributed by atoms with Crippen molar-refractivity contribution in [2.75, 3.05) is 5.32 Å². The number of hydrogen-bond donors (Lipinski definition) is 2. The highest BCUT2D eigenvalue weighted by atomic mass is 35.5. The Morgan fingerprint density at radius 1 is 1.08 bits per heavy atom. The van der Waals surface area contributed by atoms with Gasteiger partial charge in [-0.1, -0.05) is 48.0 Å². The van der Waals surface area contributed by atoms with E-state index in [2.05, 4.69) is 20.6 Å². The zero-order valence-corrected chi connectivity index (χ0v) is 15.3. The summed E-state index contributed by atoms with van der Waals surface area (Å²) in [4.78, 5) is 20.8. The smallest absolute Gasteiger partial charge is 0.254 e. The molecule has 5 nitrogen and oxygen atoms in total. The minimum atomic E-state index is -0.216. The maximum Gasteiger partial charge on any atom is 0.254 e. The van der Waals surface area contributed by atoms with Crippen molar-refractivity contribution >= 4 is 29.1 Å². The van der Waals surface area contributed by atoms with Gasteiger partial charge in [-0.3, -0.25) is 4.79 Å². The molecule has 3 aromatic rings. The van der Waals surface area contributed by atoms with Gasteiger partial charge in [0.1, 0.15) is 0 Å². The van der Waals surface area contributed by atoms with E-state index in [1.807, 2.05) is 62.4 Å². The van der Waals surface area contributed by atoms with Gasteiger partial charge in [0.15, 0.2) is 0 Å². The lowest BCUT2D eigenvalue weighted by Gasteiger charge is -2.14. The fraction of sp³-hybridized carbons (Fsp3) is 0.150. The van der Waals surface area contributed by atoms with E-state index in [9.17, 15) is 4.79 Å². The standard InChI is InChI=1S/C20H19ClN4O/c1-13-8-9-17(10-18(13)21)25-20-22-11-16(12-23-20)19(26)24-14(2)15-6-4-3-5-7-15/h3-12,14H,1-2H3,(H,24,26)(H,22,23,25). The largest absolute Gasteiger partial charge is 0.345 e. The second-order valence-electron chi connectivity index (χ2n) is 5.99. The van der Waals surface area contributed by atoms with E-state index < -0.39 is 0 Å². The van der Waals surface area contributed by atoms with Gasteiger partial charge >= 0.3 is 0 Å². The van der Waals surface area contributed by atoms with Crippen molar-refractivity contribution < 1.29 is 4.79 Å². The van der Waals surface area contributed by atoms with Crippen LogP contribution in [0.25, 0.3) is 0 Å². The third-order valence-corrected chi connectivity index (χ3v) is 4.40. The molecule has 3 rings (SSSR count). The summed E-state index contributed by atoms with van der Waals surface area (Å²) < 4.78 is 0. The first-order valence-corrected chi connectivity index (χ1v) is 8.62. The normalized spacial score (nSPS) is 11.7. The second-order valence-corrected chi connectivity index (χ2v) is 6.40. The van der Waals surface area contributed by atoms with Crippen LogP contribution in [0.2, 0.25) is 5.02 Å². The Hall–Kier alpha value is -2.92. The summed E-state index contributed by atoms with van der Waals surface area (Å²) in [5, 5.41) is 6.67. The molecule has 0 spiro atoms. The van der Waals surface area contributed by atoms with Crippen molar-refractivity contribution in [1.82, 2.24) is 15.3 Å². The Balaban J connectivity index is 1.65. The van der Waals surface area contributed by atoms with Gasteiger partial charge in [-0.2, -0.15) is 0 Å². The highest BCUT2D eigenvalue weighted by Gasteiger charge is 2.12. The number of nitrogens with one attached hydrogen (secondary N) is 2. The SMILES string of the molecule is Cc1ccc(Nc2ncc(C(=O)NC(C)c3ccccc3)cn2)cc1Cl. The Morgan fingerprint density at radius 2 is 1.77 bits per heavy atom. The Morgan fingerprint density at radius 3 is 2.42 bits per heavy atom. The van der Waals surface area contributed by atoms with Crippen molar-refractivity contribution in [2.24, 2.45) is 0 Å².